The van der Waals surface area contributed by atoms with Crippen molar-refractivity contribution in [3.05, 3.63) is 65.3 Å². The average Bonchev–Trinajstić information content (AvgIpc) is 2.72. The number of halogens is 1. The van der Waals surface area contributed by atoms with E-state index < -0.39 is 0 Å². The van der Waals surface area contributed by atoms with Gasteiger partial charge in [-0.3, -0.25) is 9.78 Å². The number of hydrogen-bond acceptors (Lipinski definition) is 4. The summed E-state index contributed by atoms with van der Waals surface area (Å²) in [5.74, 6) is 0.168. The molecule has 1 amide bonds. The van der Waals surface area contributed by atoms with Crippen LogP contribution in [0.25, 0.3) is 11.0 Å². The van der Waals surface area contributed by atoms with Crippen molar-refractivity contribution < 1.29 is 4.79 Å². The van der Waals surface area contributed by atoms with E-state index in [4.69, 9.17) is 16.6 Å². The van der Waals surface area contributed by atoms with Crippen molar-refractivity contribution in [3.8, 4) is 0 Å². The molecule has 3 aromatic rings. The first-order valence-corrected chi connectivity index (χ1v) is 11.4. The van der Waals surface area contributed by atoms with E-state index in [1.165, 1.54) is 31.0 Å². The lowest BCUT2D eigenvalue weighted by Gasteiger charge is -2.28. The number of nitrogens with zero attached hydrogens (tertiary/aromatic N) is 3. The largest absolute Gasteiger partial charge is 0.341 e. The van der Waals surface area contributed by atoms with Gasteiger partial charge in [-0.2, -0.15) is 0 Å². The van der Waals surface area contributed by atoms with Crippen LogP contribution in [-0.2, 0) is 4.79 Å². The molecule has 6 heteroatoms. The Balaban J connectivity index is 1.62. The lowest BCUT2D eigenvalue weighted by molar-refractivity contribution is -0.131. The number of aromatic nitrogens is 2. The number of fused-ring (bicyclic) bond motifs is 1. The summed E-state index contributed by atoms with van der Waals surface area (Å²) in [5.41, 5.74) is 2.54. The Bertz CT molecular complexity index is 974. The molecule has 2 heterocycles. The van der Waals surface area contributed by atoms with Gasteiger partial charge >= 0.3 is 0 Å². The molecule has 0 saturated carbocycles. The third kappa shape index (κ3) is 5.09. The standard InChI is InChI=1S/C23H24ClN3OS/c24-18-11-12-19-20(15-18)25-16-21(26-19)29-22(17-9-5-4-6-10-17)23(28)27-13-7-2-1-3-8-14-27/h4-6,9-12,15-16,22H,1-3,7-8,13-14H2. The molecular formula is C23H24ClN3OS. The van der Waals surface area contributed by atoms with Gasteiger partial charge in [-0.05, 0) is 36.6 Å². The highest BCUT2D eigenvalue weighted by Gasteiger charge is 2.27. The Labute approximate surface area is 180 Å². The Morgan fingerprint density at radius 1 is 0.966 bits per heavy atom. The van der Waals surface area contributed by atoms with E-state index in [1.54, 1.807) is 12.3 Å². The second-order valence-electron chi connectivity index (χ2n) is 7.34. The van der Waals surface area contributed by atoms with Crippen molar-refractivity contribution in [2.75, 3.05) is 13.1 Å². The van der Waals surface area contributed by atoms with Gasteiger partial charge in [0, 0.05) is 18.1 Å². The minimum Gasteiger partial charge on any atom is -0.341 e. The number of hydrogen-bond donors (Lipinski definition) is 0. The minimum absolute atomic E-state index is 0.168. The summed E-state index contributed by atoms with van der Waals surface area (Å²) in [6.07, 6.45) is 7.57. The van der Waals surface area contributed by atoms with Gasteiger partial charge in [0.1, 0.15) is 10.3 Å². The van der Waals surface area contributed by atoms with Gasteiger partial charge in [0.15, 0.2) is 0 Å². The minimum atomic E-state index is -0.324. The average molecular weight is 426 g/mol. The van der Waals surface area contributed by atoms with Crippen LogP contribution in [0.2, 0.25) is 5.02 Å². The summed E-state index contributed by atoms with van der Waals surface area (Å²) in [4.78, 5) is 24.8. The molecule has 1 atom stereocenters. The molecule has 150 valence electrons. The van der Waals surface area contributed by atoms with Gasteiger partial charge < -0.3 is 4.90 Å². The maximum atomic E-state index is 13.5. The first-order chi connectivity index (χ1) is 14.2. The van der Waals surface area contributed by atoms with E-state index in [0.29, 0.717) is 5.02 Å². The zero-order chi connectivity index (χ0) is 20.1. The van der Waals surface area contributed by atoms with E-state index in [-0.39, 0.29) is 11.2 Å². The lowest BCUT2D eigenvalue weighted by atomic mass is 10.1. The van der Waals surface area contributed by atoms with Crippen molar-refractivity contribution in [2.45, 2.75) is 42.4 Å². The summed E-state index contributed by atoms with van der Waals surface area (Å²) < 4.78 is 0. The number of carbonyl (C=O) groups excluding carboxylic acids is 1. The molecule has 4 rings (SSSR count). The van der Waals surface area contributed by atoms with E-state index in [0.717, 1.165) is 47.6 Å². The van der Waals surface area contributed by atoms with Crippen LogP contribution < -0.4 is 0 Å². The number of benzene rings is 2. The quantitative estimate of drug-likeness (QED) is 0.487. The van der Waals surface area contributed by atoms with E-state index in [9.17, 15) is 4.79 Å². The topological polar surface area (TPSA) is 46.1 Å². The van der Waals surface area contributed by atoms with Crippen molar-refractivity contribution >= 4 is 40.3 Å². The van der Waals surface area contributed by atoms with Gasteiger partial charge in [-0.25, -0.2) is 4.98 Å². The molecule has 2 aromatic carbocycles. The second-order valence-corrected chi connectivity index (χ2v) is 8.90. The third-order valence-electron chi connectivity index (χ3n) is 5.22. The van der Waals surface area contributed by atoms with Crippen LogP contribution in [0.5, 0.6) is 0 Å². The number of rotatable bonds is 4. The summed E-state index contributed by atoms with van der Waals surface area (Å²) in [7, 11) is 0. The van der Waals surface area contributed by atoms with Crippen LogP contribution in [-0.4, -0.2) is 33.9 Å². The molecule has 29 heavy (non-hydrogen) atoms. The zero-order valence-corrected chi connectivity index (χ0v) is 17.8. The molecule has 4 nitrogen and oxygen atoms in total. The number of carbonyl (C=O) groups is 1. The number of amides is 1. The van der Waals surface area contributed by atoms with Crippen LogP contribution in [0.1, 0.15) is 42.9 Å². The molecule has 1 aliphatic rings. The zero-order valence-electron chi connectivity index (χ0n) is 16.3. The van der Waals surface area contributed by atoms with Crippen molar-refractivity contribution in [2.24, 2.45) is 0 Å². The van der Waals surface area contributed by atoms with E-state index >= 15 is 0 Å². The van der Waals surface area contributed by atoms with E-state index in [1.807, 2.05) is 47.4 Å². The molecule has 1 fully saturated rings. The molecule has 0 aliphatic carbocycles. The Kier molecular flexibility index (Phi) is 6.67. The van der Waals surface area contributed by atoms with Crippen LogP contribution in [0, 0.1) is 0 Å². The Morgan fingerprint density at radius 3 is 2.45 bits per heavy atom. The summed E-state index contributed by atoms with van der Waals surface area (Å²) in [5, 5.41) is 1.06. The highest BCUT2D eigenvalue weighted by atomic mass is 35.5. The fourth-order valence-electron chi connectivity index (χ4n) is 3.67. The van der Waals surface area contributed by atoms with Crippen LogP contribution in [0.15, 0.2) is 59.8 Å². The van der Waals surface area contributed by atoms with E-state index in [2.05, 4.69) is 4.98 Å². The predicted octanol–water partition coefficient (Wildman–Crippen LogP) is 5.91. The summed E-state index contributed by atoms with van der Waals surface area (Å²) in [6, 6.07) is 15.5. The molecule has 1 aromatic heterocycles. The fourth-order valence-corrected chi connectivity index (χ4v) is 4.88. The smallest absolute Gasteiger partial charge is 0.240 e. The molecule has 1 unspecified atom stereocenters. The highest BCUT2D eigenvalue weighted by molar-refractivity contribution is 8.00. The molecule has 0 bridgehead atoms. The third-order valence-corrected chi connectivity index (χ3v) is 6.60. The number of likely N-dealkylation sites (tertiary alicyclic amines) is 1. The Hall–Kier alpha value is -2.11. The first kappa shape index (κ1) is 20.2. The maximum absolute atomic E-state index is 13.5. The van der Waals surface area contributed by atoms with Gasteiger partial charge in [0.2, 0.25) is 5.91 Å². The predicted molar refractivity (Wildman–Crippen MR) is 119 cm³/mol. The first-order valence-electron chi connectivity index (χ1n) is 10.1. The molecule has 1 aliphatic heterocycles. The van der Waals surface area contributed by atoms with Crippen molar-refractivity contribution in [3.63, 3.8) is 0 Å². The molecule has 0 spiro atoms. The molecule has 0 radical (unpaired) electrons. The monoisotopic (exact) mass is 425 g/mol. The SMILES string of the molecule is O=C(C(Sc1cnc2cc(Cl)ccc2n1)c1ccccc1)N1CCCCCCC1. The van der Waals surface area contributed by atoms with Crippen LogP contribution >= 0.6 is 23.4 Å². The maximum Gasteiger partial charge on any atom is 0.240 e. The normalized spacial score (nSPS) is 16.2. The van der Waals surface area contributed by atoms with Crippen LogP contribution in [0.3, 0.4) is 0 Å². The molecule has 0 N–H and O–H groups in total. The number of thioether (sulfide) groups is 1. The molecule has 1 saturated heterocycles. The molecular weight excluding hydrogens is 402 g/mol. The van der Waals surface area contributed by atoms with Gasteiger partial charge in [-0.15, -0.1) is 0 Å². The van der Waals surface area contributed by atoms with Gasteiger partial charge in [-0.1, -0.05) is 73.0 Å². The van der Waals surface area contributed by atoms with Crippen molar-refractivity contribution in [1.29, 1.82) is 0 Å². The van der Waals surface area contributed by atoms with Gasteiger partial charge in [0.05, 0.1) is 17.2 Å². The highest BCUT2D eigenvalue weighted by Crippen LogP contribution is 2.36. The van der Waals surface area contributed by atoms with Gasteiger partial charge in [0.25, 0.3) is 0 Å². The lowest BCUT2D eigenvalue weighted by Crippen LogP contribution is -2.36. The van der Waals surface area contributed by atoms with Crippen molar-refractivity contribution in [1.82, 2.24) is 14.9 Å². The summed E-state index contributed by atoms with van der Waals surface area (Å²) in [6.45, 7) is 1.68. The summed E-state index contributed by atoms with van der Waals surface area (Å²) >= 11 is 7.53. The second kappa shape index (κ2) is 9.59. The fraction of sp³-hybridized carbons (Fsp3) is 0.348. The Morgan fingerprint density at radius 2 is 1.69 bits per heavy atom. The van der Waals surface area contributed by atoms with Crippen LogP contribution in [0.4, 0.5) is 0 Å².